The van der Waals surface area contributed by atoms with E-state index in [9.17, 15) is 14.3 Å². The summed E-state index contributed by atoms with van der Waals surface area (Å²) in [7, 11) is -1.37. The number of hydrogen-bond acceptors (Lipinski definition) is 6. The van der Waals surface area contributed by atoms with E-state index < -0.39 is 22.4 Å². The first-order valence-corrected chi connectivity index (χ1v) is 14.4. The summed E-state index contributed by atoms with van der Waals surface area (Å²) in [6, 6.07) is 11.2. The molecular formula is C24H28ClN5O2S2. The Morgan fingerprint density at radius 1 is 1.32 bits per heavy atom. The first kappa shape index (κ1) is 23.7. The third kappa shape index (κ3) is 4.60. The molecule has 1 aromatic heterocycles. The quantitative estimate of drug-likeness (QED) is 0.626. The zero-order chi connectivity index (χ0) is 23.9. The average molecular weight is 518 g/mol. The maximum absolute atomic E-state index is 13.5. The zero-order valence-electron chi connectivity index (χ0n) is 19.1. The molecule has 2 saturated heterocycles. The van der Waals surface area contributed by atoms with Crippen LogP contribution in [-0.2, 0) is 15.6 Å². The molecule has 5 rings (SSSR count). The van der Waals surface area contributed by atoms with Crippen molar-refractivity contribution in [2.24, 2.45) is 0 Å². The van der Waals surface area contributed by atoms with Crippen LogP contribution >= 0.6 is 23.4 Å². The van der Waals surface area contributed by atoms with Crippen molar-refractivity contribution in [1.82, 2.24) is 15.1 Å². The first-order chi connectivity index (χ1) is 16.4. The van der Waals surface area contributed by atoms with Gasteiger partial charge in [0.2, 0.25) is 5.91 Å². The van der Waals surface area contributed by atoms with Crippen LogP contribution in [-0.4, -0.2) is 54.8 Å². The van der Waals surface area contributed by atoms with E-state index in [0.29, 0.717) is 35.7 Å². The predicted octanol–water partition coefficient (Wildman–Crippen LogP) is 3.84. The van der Waals surface area contributed by atoms with Crippen LogP contribution in [0.25, 0.3) is 0 Å². The number of benzene rings is 1. The summed E-state index contributed by atoms with van der Waals surface area (Å²) in [5.74, 6) is 2.91. The van der Waals surface area contributed by atoms with E-state index in [2.05, 4.69) is 21.0 Å². The molecule has 1 saturated carbocycles. The lowest BCUT2D eigenvalue weighted by atomic mass is 10.1. The highest BCUT2D eigenvalue weighted by molar-refractivity contribution is 7.99. The Labute approximate surface area is 211 Å². The largest absolute Gasteiger partial charge is 0.344 e. The van der Waals surface area contributed by atoms with Gasteiger partial charge in [-0.05, 0) is 62.7 Å². The van der Waals surface area contributed by atoms with Gasteiger partial charge in [-0.1, -0.05) is 23.7 Å². The summed E-state index contributed by atoms with van der Waals surface area (Å²) in [4.78, 5) is 16.1. The molecule has 10 heteroatoms. The monoisotopic (exact) mass is 517 g/mol. The van der Waals surface area contributed by atoms with Crippen LogP contribution in [0.4, 0.5) is 5.82 Å². The fraction of sp³-hybridized carbons (Fsp3) is 0.542. The summed E-state index contributed by atoms with van der Waals surface area (Å²) in [5, 5.41) is 17.5. The topological polar surface area (TPSA) is 91.0 Å². The van der Waals surface area contributed by atoms with Gasteiger partial charge in [-0.3, -0.25) is 9.00 Å². The summed E-state index contributed by atoms with van der Waals surface area (Å²) in [5.41, 5.74) is 0.151. The standard InChI is InChI=1S/C24H28ClN5O2S2/c1-16-12-22(30(28-16)17-6-10-33-11-7-17)29-14-18(34(32)21-5-3-2-4-19(21)25)13-20(29)23(31)27-24(15-26)8-9-24/h2-5,12,17-18,20H,6-11,13-14H2,1H3,(H,27,31). The lowest BCUT2D eigenvalue weighted by Crippen LogP contribution is -2.48. The van der Waals surface area contributed by atoms with E-state index in [4.69, 9.17) is 16.7 Å². The number of aryl methyl sites for hydroxylation is 1. The van der Waals surface area contributed by atoms with Gasteiger partial charge in [0.1, 0.15) is 17.4 Å². The molecule has 180 valence electrons. The molecule has 0 bridgehead atoms. The van der Waals surface area contributed by atoms with Crippen LogP contribution in [0.5, 0.6) is 0 Å². The molecule has 1 aromatic carbocycles. The second-order valence-electron chi connectivity index (χ2n) is 9.37. The van der Waals surface area contributed by atoms with Crippen LogP contribution in [0.2, 0.25) is 5.02 Å². The fourth-order valence-electron chi connectivity index (χ4n) is 4.87. The molecule has 0 spiro atoms. The second kappa shape index (κ2) is 9.56. The maximum Gasteiger partial charge on any atom is 0.244 e. The van der Waals surface area contributed by atoms with Crippen molar-refractivity contribution in [2.45, 2.75) is 66.8 Å². The minimum absolute atomic E-state index is 0.178. The molecule has 3 fully saturated rings. The molecule has 3 atom stereocenters. The molecule has 7 nitrogen and oxygen atoms in total. The number of aromatic nitrogens is 2. The number of nitrogens with zero attached hydrogens (tertiary/aromatic N) is 4. The van der Waals surface area contributed by atoms with Gasteiger partial charge in [0.25, 0.3) is 0 Å². The Bertz CT molecular complexity index is 1150. The normalized spacial score (nSPS) is 25.0. The van der Waals surface area contributed by atoms with E-state index in [1.165, 1.54) is 0 Å². The summed E-state index contributed by atoms with van der Waals surface area (Å²) in [6.07, 6.45) is 3.85. The predicted molar refractivity (Wildman–Crippen MR) is 136 cm³/mol. The van der Waals surface area contributed by atoms with E-state index in [1.54, 1.807) is 12.1 Å². The molecule has 1 amide bonds. The molecule has 0 radical (unpaired) electrons. The van der Waals surface area contributed by atoms with Gasteiger partial charge in [-0.2, -0.15) is 22.1 Å². The van der Waals surface area contributed by atoms with Gasteiger partial charge in [0.05, 0.1) is 43.8 Å². The van der Waals surface area contributed by atoms with Crippen molar-refractivity contribution >= 4 is 45.9 Å². The number of rotatable bonds is 6. The number of nitriles is 1. The van der Waals surface area contributed by atoms with E-state index >= 15 is 0 Å². The van der Waals surface area contributed by atoms with Gasteiger partial charge in [0, 0.05) is 12.6 Å². The Morgan fingerprint density at radius 2 is 2.06 bits per heavy atom. The van der Waals surface area contributed by atoms with Crippen LogP contribution in [0.15, 0.2) is 35.2 Å². The van der Waals surface area contributed by atoms with Crippen molar-refractivity contribution in [2.75, 3.05) is 23.0 Å². The highest BCUT2D eigenvalue weighted by Gasteiger charge is 2.49. The molecule has 1 aliphatic carbocycles. The average Bonchev–Trinajstić information content (AvgIpc) is 3.29. The molecule has 3 heterocycles. The number of thioether (sulfide) groups is 1. The lowest BCUT2D eigenvalue weighted by molar-refractivity contribution is -0.122. The third-order valence-electron chi connectivity index (χ3n) is 6.92. The molecule has 3 aliphatic rings. The summed E-state index contributed by atoms with van der Waals surface area (Å²) >= 11 is 8.32. The van der Waals surface area contributed by atoms with Gasteiger partial charge in [-0.15, -0.1) is 0 Å². The first-order valence-electron chi connectivity index (χ1n) is 11.7. The lowest BCUT2D eigenvalue weighted by Gasteiger charge is -2.30. The van der Waals surface area contributed by atoms with Crippen molar-refractivity contribution in [3.05, 3.63) is 41.0 Å². The molecule has 1 N–H and O–H groups in total. The van der Waals surface area contributed by atoms with E-state index in [1.807, 2.05) is 36.9 Å². The van der Waals surface area contributed by atoms with Crippen molar-refractivity contribution in [3.63, 3.8) is 0 Å². The zero-order valence-corrected chi connectivity index (χ0v) is 21.5. The van der Waals surface area contributed by atoms with Crippen LogP contribution < -0.4 is 10.2 Å². The van der Waals surface area contributed by atoms with Crippen molar-refractivity contribution in [1.29, 1.82) is 5.26 Å². The highest BCUT2D eigenvalue weighted by Crippen LogP contribution is 2.38. The van der Waals surface area contributed by atoms with Crippen molar-refractivity contribution < 1.29 is 9.00 Å². The number of halogens is 1. The number of anilines is 1. The van der Waals surface area contributed by atoms with Crippen LogP contribution in [0.3, 0.4) is 0 Å². The van der Waals surface area contributed by atoms with Crippen LogP contribution in [0.1, 0.15) is 43.8 Å². The minimum Gasteiger partial charge on any atom is -0.344 e. The summed E-state index contributed by atoms with van der Waals surface area (Å²) in [6.45, 7) is 2.43. The Morgan fingerprint density at radius 3 is 2.74 bits per heavy atom. The highest BCUT2D eigenvalue weighted by atomic mass is 35.5. The van der Waals surface area contributed by atoms with Gasteiger partial charge >= 0.3 is 0 Å². The number of carbonyl (C=O) groups excluding carboxylic acids is 1. The number of amides is 1. The smallest absolute Gasteiger partial charge is 0.244 e. The maximum atomic E-state index is 13.5. The Balaban J connectivity index is 1.47. The minimum atomic E-state index is -1.37. The van der Waals surface area contributed by atoms with Crippen LogP contribution in [0, 0.1) is 18.3 Å². The third-order valence-corrected chi connectivity index (χ3v) is 10.1. The molecule has 34 heavy (non-hydrogen) atoms. The summed E-state index contributed by atoms with van der Waals surface area (Å²) < 4.78 is 15.6. The van der Waals surface area contributed by atoms with E-state index in [-0.39, 0.29) is 17.2 Å². The van der Waals surface area contributed by atoms with Gasteiger partial charge in [-0.25, -0.2) is 4.68 Å². The number of carbonyl (C=O) groups is 1. The van der Waals surface area contributed by atoms with E-state index in [0.717, 1.165) is 35.9 Å². The molecule has 3 unspecified atom stereocenters. The molecular weight excluding hydrogens is 490 g/mol. The Kier molecular flexibility index (Phi) is 6.66. The SMILES string of the molecule is Cc1cc(N2CC(S(=O)c3ccccc3Cl)CC2C(=O)NC2(C#N)CC2)n(C2CCSCC2)n1. The fourth-order valence-corrected chi connectivity index (χ4v) is 7.80. The number of hydrogen-bond donors (Lipinski definition) is 1. The Hall–Kier alpha value is -2.02. The van der Waals surface area contributed by atoms with Gasteiger partial charge in [0.15, 0.2) is 0 Å². The van der Waals surface area contributed by atoms with Crippen molar-refractivity contribution in [3.8, 4) is 6.07 Å². The van der Waals surface area contributed by atoms with Gasteiger partial charge < -0.3 is 10.2 Å². The second-order valence-corrected chi connectivity index (χ2v) is 12.7. The number of nitrogens with one attached hydrogen (secondary N) is 1. The molecule has 2 aliphatic heterocycles. The molecule has 2 aromatic rings.